The minimum atomic E-state index is -6.01. The maximum atomic E-state index is 12.9. The van der Waals surface area contributed by atoms with Gasteiger partial charge in [0.05, 0.1) is 17.1 Å². The Morgan fingerprint density at radius 2 is 1.41 bits per heavy atom. The van der Waals surface area contributed by atoms with Crippen molar-refractivity contribution in [3.63, 3.8) is 0 Å². The number of carbonyl (C=O) groups is 1. The summed E-state index contributed by atoms with van der Waals surface area (Å²) in [5.74, 6) is -0.663. The fourth-order valence-electron chi connectivity index (χ4n) is 2.87. The number of aliphatic hydroxyl groups is 1. The van der Waals surface area contributed by atoms with Gasteiger partial charge in [0, 0.05) is 11.3 Å². The van der Waals surface area contributed by atoms with Crippen LogP contribution in [0.5, 0.6) is 0 Å². The van der Waals surface area contributed by atoms with Gasteiger partial charge in [0.25, 0.3) is 5.60 Å². The highest BCUT2D eigenvalue weighted by Gasteiger charge is 2.71. The monoisotopic (exact) mass is 483 g/mol. The van der Waals surface area contributed by atoms with Crippen LogP contribution in [-0.4, -0.2) is 37.5 Å². The van der Waals surface area contributed by atoms with Crippen molar-refractivity contribution in [2.24, 2.45) is 0 Å². The summed E-state index contributed by atoms with van der Waals surface area (Å²) in [6.45, 7) is 1.72. The Bertz CT molecular complexity index is 1030. The summed E-state index contributed by atoms with van der Waals surface area (Å²) in [6, 6.07) is 7.99. The lowest BCUT2D eigenvalue weighted by atomic mass is 9.92. The number of hydrogen-bond acceptors (Lipinski definition) is 4. The molecule has 0 unspecified atom stereocenters. The molecule has 0 bridgehead atoms. The second-order valence-corrected chi connectivity index (χ2v) is 9.08. The van der Waals surface area contributed by atoms with Crippen LogP contribution in [0.15, 0.2) is 53.4 Å². The van der Waals surface area contributed by atoms with Crippen LogP contribution in [0.2, 0.25) is 0 Å². The molecule has 12 heteroatoms. The SMILES string of the molecule is CCCS(=O)(=O)c1ccc(CC(=O)Nc2ccc(C(O)(C(F)(F)F)C(F)(F)F)cc2)cc1. The van der Waals surface area contributed by atoms with Crippen molar-refractivity contribution >= 4 is 21.4 Å². The van der Waals surface area contributed by atoms with E-state index in [0.717, 1.165) is 12.1 Å². The second-order valence-electron chi connectivity index (χ2n) is 6.97. The van der Waals surface area contributed by atoms with E-state index in [1.807, 2.05) is 0 Å². The van der Waals surface area contributed by atoms with Gasteiger partial charge in [0.2, 0.25) is 5.91 Å². The summed E-state index contributed by atoms with van der Waals surface area (Å²) >= 11 is 0. The average molecular weight is 483 g/mol. The zero-order valence-electron chi connectivity index (χ0n) is 16.6. The first-order chi connectivity index (χ1) is 14.6. The lowest BCUT2D eigenvalue weighted by Crippen LogP contribution is -2.53. The van der Waals surface area contributed by atoms with Gasteiger partial charge in [0.15, 0.2) is 9.84 Å². The Hall–Kier alpha value is -2.60. The molecule has 0 aliphatic rings. The predicted octanol–water partition coefficient (Wildman–Crippen LogP) is 4.36. The predicted molar refractivity (Wildman–Crippen MR) is 104 cm³/mol. The van der Waals surface area contributed by atoms with Crippen LogP contribution < -0.4 is 5.32 Å². The topological polar surface area (TPSA) is 83.5 Å². The van der Waals surface area contributed by atoms with Crippen LogP contribution in [0, 0.1) is 0 Å². The number of carbonyl (C=O) groups excluding carboxylic acids is 1. The molecular formula is C20H19F6NO4S. The summed E-state index contributed by atoms with van der Waals surface area (Å²) in [4.78, 5) is 12.2. The smallest absolute Gasteiger partial charge is 0.369 e. The van der Waals surface area contributed by atoms with Crippen LogP contribution in [0.4, 0.5) is 32.0 Å². The van der Waals surface area contributed by atoms with E-state index in [9.17, 15) is 44.7 Å². The molecule has 2 aromatic carbocycles. The third-order valence-electron chi connectivity index (χ3n) is 4.53. The number of sulfone groups is 1. The van der Waals surface area contributed by atoms with Crippen molar-refractivity contribution in [1.29, 1.82) is 0 Å². The maximum Gasteiger partial charge on any atom is 0.430 e. The molecule has 176 valence electrons. The fourth-order valence-corrected chi connectivity index (χ4v) is 4.20. The lowest BCUT2D eigenvalue weighted by Gasteiger charge is -2.32. The van der Waals surface area contributed by atoms with Crippen LogP contribution >= 0.6 is 0 Å². The number of benzene rings is 2. The summed E-state index contributed by atoms with van der Waals surface area (Å²) in [7, 11) is -3.42. The first-order valence-electron chi connectivity index (χ1n) is 9.19. The lowest BCUT2D eigenvalue weighted by molar-refractivity contribution is -0.376. The number of anilines is 1. The van der Waals surface area contributed by atoms with Gasteiger partial charge in [-0.25, -0.2) is 8.42 Å². The summed E-state index contributed by atoms with van der Waals surface area (Å²) in [5, 5.41) is 11.7. The Morgan fingerprint density at radius 3 is 1.84 bits per heavy atom. The van der Waals surface area contributed by atoms with Gasteiger partial charge >= 0.3 is 12.4 Å². The molecule has 0 radical (unpaired) electrons. The number of nitrogens with one attached hydrogen (secondary N) is 1. The summed E-state index contributed by atoms with van der Waals surface area (Å²) in [5.41, 5.74) is -6.15. The Morgan fingerprint density at radius 1 is 0.906 bits per heavy atom. The molecule has 0 heterocycles. The van der Waals surface area contributed by atoms with E-state index in [0.29, 0.717) is 24.1 Å². The third-order valence-corrected chi connectivity index (χ3v) is 6.46. The zero-order valence-corrected chi connectivity index (χ0v) is 17.4. The molecule has 2 rings (SSSR count). The zero-order chi connectivity index (χ0) is 24.4. The van der Waals surface area contributed by atoms with Gasteiger partial charge in [-0.15, -0.1) is 0 Å². The molecule has 1 amide bonds. The van der Waals surface area contributed by atoms with E-state index < -0.39 is 39.3 Å². The van der Waals surface area contributed by atoms with E-state index >= 15 is 0 Å². The largest absolute Gasteiger partial charge is 0.430 e. The maximum absolute atomic E-state index is 12.9. The molecule has 0 aromatic heterocycles. The van der Waals surface area contributed by atoms with Crippen LogP contribution in [-0.2, 0) is 26.7 Å². The van der Waals surface area contributed by atoms with Crippen LogP contribution in [0.3, 0.4) is 0 Å². The molecule has 0 saturated heterocycles. The number of hydrogen-bond donors (Lipinski definition) is 2. The highest BCUT2D eigenvalue weighted by Crippen LogP contribution is 2.50. The fraction of sp³-hybridized carbons (Fsp3) is 0.350. The molecule has 32 heavy (non-hydrogen) atoms. The van der Waals surface area contributed by atoms with Gasteiger partial charge in [0.1, 0.15) is 0 Å². The minimum Gasteiger partial charge on any atom is -0.369 e. The summed E-state index contributed by atoms with van der Waals surface area (Å²) in [6.07, 6.45) is -11.8. The van der Waals surface area contributed by atoms with E-state index in [1.54, 1.807) is 6.92 Å². The molecule has 2 aromatic rings. The second kappa shape index (κ2) is 9.10. The van der Waals surface area contributed by atoms with Crippen LogP contribution in [0.1, 0.15) is 24.5 Å². The van der Waals surface area contributed by atoms with Gasteiger partial charge < -0.3 is 10.4 Å². The molecule has 2 N–H and O–H groups in total. The Labute approximate surface area is 180 Å². The van der Waals surface area contributed by atoms with Crippen molar-refractivity contribution in [2.75, 3.05) is 11.1 Å². The number of halogens is 6. The molecule has 0 aliphatic carbocycles. The van der Waals surface area contributed by atoms with Crippen molar-refractivity contribution < 1.29 is 44.7 Å². The van der Waals surface area contributed by atoms with Crippen molar-refractivity contribution in [3.05, 3.63) is 59.7 Å². The molecular weight excluding hydrogens is 464 g/mol. The summed E-state index contributed by atoms with van der Waals surface area (Å²) < 4.78 is 101. The van der Waals surface area contributed by atoms with Crippen molar-refractivity contribution in [1.82, 2.24) is 0 Å². The molecule has 0 aliphatic heterocycles. The highest BCUT2D eigenvalue weighted by atomic mass is 32.2. The highest BCUT2D eigenvalue weighted by molar-refractivity contribution is 7.91. The first kappa shape index (κ1) is 25.7. The number of alkyl halides is 6. The Kier molecular flexibility index (Phi) is 7.30. The number of rotatable bonds is 7. The molecule has 5 nitrogen and oxygen atoms in total. The van der Waals surface area contributed by atoms with E-state index in [2.05, 4.69) is 5.32 Å². The van der Waals surface area contributed by atoms with E-state index in [1.165, 1.54) is 24.3 Å². The third kappa shape index (κ3) is 5.41. The molecule has 0 fully saturated rings. The minimum absolute atomic E-state index is 0.0272. The molecule has 0 atom stereocenters. The van der Waals surface area contributed by atoms with E-state index in [4.69, 9.17) is 0 Å². The normalized spacial score (nSPS) is 13.1. The van der Waals surface area contributed by atoms with Crippen LogP contribution in [0.25, 0.3) is 0 Å². The van der Waals surface area contributed by atoms with Crippen molar-refractivity contribution in [3.8, 4) is 0 Å². The average Bonchev–Trinajstić information content (AvgIpc) is 2.66. The quantitative estimate of drug-likeness (QED) is 0.574. The molecule has 0 saturated carbocycles. The van der Waals surface area contributed by atoms with Gasteiger partial charge in [-0.1, -0.05) is 31.2 Å². The van der Waals surface area contributed by atoms with Gasteiger partial charge in [-0.05, 0) is 36.2 Å². The van der Waals surface area contributed by atoms with Gasteiger partial charge in [-0.2, -0.15) is 26.3 Å². The number of amides is 1. The Balaban J connectivity index is 2.12. The van der Waals surface area contributed by atoms with E-state index in [-0.39, 0.29) is 22.8 Å². The first-order valence-corrected chi connectivity index (χ1v) is 10.8. The van der Waals surface area contributed by atoms with Gasteiger partial charge in [-0.3, -0.25) is 4.79 Å². The van der Waals surface area contributed by atoms with Crippen molar-refractivity contribution in [2.45, 2.75) is 42.6 Å². The standard InChI is InChI=1S/C20H19F6NO4S/c1-2-11-32(30,31)16-9-3-13(4-10-16)12-17(28)27-15-7-5-14(6-8-15)18(29,19(21,22)23)20(24,25)26/h3-10,29H,2,11-12H2,1H3,(H,27,28). The molecule has 0 spiro atoms.